The third-order valence-electron chi connectivity index (χ3n) is 1.70. The minimum atomic E-state index is -0.615. The molecular formula is C8H8NO4P. The Morgan fingerprint density at radius 2 is 2.21 bits per heavy atom. The van der Waals surface area contributed by atoms with Gasteiger partial charge in [-0.2, -0.15) is 0 Å². The Hall–Kier alpha value is -1.48. The molecule has 0 aliphatic carbocycles. The summed E-state index contributed by atoms with van der Waals surface area (Å²) in [7, 11) is 3.75. The second-order valence-corrected chi connectivity index (χ2v) is 3.15. The molecule has 0 spiro atoms. The fourth-order valence-electron chi connectivity index (χ4n) is 1.03. The molecule has 0 aromatic heterocycles. The minimum absolute atomic E-state index is 0.0424. The fourth-order valence-corrected chi connectivity index (χ4v) is 1.41. The average Bonchev–Trinajstić information content (AvgIpc) is 2.16. The van der Waals surface area contributed by atoms with E-state index in [0.29, 0.717) is 17.3 Å². The normalized spacial score (nSPS) is 9.57. The Morgan fingerprint density at radius 1 is 1.57 bits per heavy atom. The van der Waals surface area contributed by atoms with Gasteiger partial charge in [-0.25, -0.2) is 0 Å². The van der Waals surface area contributed by atoms with Gasteiger partial charge < -0.3 is 4.74 Å². The number of hydrogen-bond acceptors (Lipinski definition) is 4. The molecule has 6 heteroatoms. The Balaban J connectivity index is 3.39. The molecule has 0 amide bonds. The van der Waals surface area contributed by atoms with Crippen LogP contribution in [0, 0.1) is 10.1 Å². The largest absolute Gasteiger partial charge is 0.496 e. The maximum absolute atomic E-state index is 10.5. The van der Waals surface area contributed by atoms with Gasteiger partial charge in [0.15, 0.2) is 6.29 Å². The van der Waals surface area contributed by atoms with Gasteiger partial charge in [-0.1, -0.05) is 0 Å². The second-order valence-electron chi connectivity index (χ2n) is 2.53. The molecule has 74 valence electrons. The maximum Gasteiger partial charge on any atom is 0.283 e. The van der Waals surface area contributed by atoms with Gasteiger partial charge in [0, 0.05) is 5.30 Å². The number of ether oxygens (including phenoxy) is 1. The van der Waals surface area contributed by atoms with Crippen molar-refractivity contribution in [2.24, 2.45) is 0 Å². The molecule has 1 aromatic rings. The van der Waals surface area contributed by atoms with Crippen LogP contribution in [0.3, 0.4) is 0 Å². The molecule has 5 nitrogen and oxygen atoms in total. The van der Waals surface area contributed by atoms with Gasteiger partial charge in [-0.3, -0.25) is 14.9 Å². The molecule has 0 aliphatic heterocycles. The van der Waals surface area contributed by atoms with Gasteiger partial charge in [0.25, 0.3) is 5.69 Å². The average molecular weight is 213 g/mol. The van der Waals surface area contributed by atoms with E-state index in [-0.39, 0.29) is 11.3 Å². The third-order valence-corrected chi connectivity index (χ3v) is 2.15. The van der Waals surface area contributed by atoms with E-state index in [1.807, 2.05) is 0 Å². The number of carbonyl (C=O) groups is 1. The number of hydrogen-bond donors (Lipinski definition) is 0. The standard InChI is InChI=1S/C8H8NO4P/c1-13-7-3-6(9(11)12)5(4-10)2-8(7)14/h2-4H,14H2,1H3. The highest BCUT2D eigenvalue weighted by Crippen LogP contribution is 2.23. The van der Waals surface area contributed by atoms with E-state index in [4.69, 9.17) is 4.74 Å². The van der Waals surface area contributed by atoms with Crippen molar-refractivity contribution in [3.63, 3.8) is 0 Å². The predicted molar refractivity (Wildman–Crippen MR) is 54.4 cm³/mol. The van der Waals surface area contributed by atoms with Gasteiger partial charge in [0.1, 0.15) is 5.75 Å². The van der Waals surface area contributed by atoms with Crippen molar-refractivity contribution in [2.45, 2.75) is 0 Å². The highest BCUT2D eigenvalue weighted by Gasteiger charge is 2.16. The summed E-state index contributed by atoms with van der Waals surface area (Å²) in [4.78, 5) is 20.5. The smallest absolute Gasteiger partial charge is 0.283 e. The van der Waals surface area contributed by atoms with Crippen LogP contribution in [-0.4, -0.2) is 18.3 Å². The molecule has 0 bridgehead atoms. The van der Waals surface area contributed by atoms with Crippen LogP contribution in [-0.2, 0) is 0 Å². The topological polar surface area (TPSA) is 69.4 Å². The number of carbonyl (C=O) groups excluding carboxylic acids is 1. The van der Waals surface area contributed by atoms with Gasteiger partial charge in [-0.05, 0) is 6.07 Å². The molecule has 14 heavy (non-hydrogen) atoms. The molecule has 0 saturated carbocycles. The first-order chi connectivity index (χ1) is 6.60. The summed E-state index contributed by atoms with van der Waals surface area (Å²) in [6.07, 6.45) is 0.450. The summed E-state index contributed by atoms with van der Waals surface area (Å²) in [6, 6.07) is 2.63. The zero-order valence-electron chi connectivity index (χ0n) is 7.39. The van der Waals surface area contributed by atoms with E-state index in [1.165, 1.54) is 19.2 Å². The molecule has 0 N–H and O–H groups in total. The zero-order valence-corrected chi connectivity index (χ0v) is 8.54. The Kier molecular flexibility index (Phi) is 3.14. The van der Waals surface area contributed by atoms with Gasteiger partial charge in [0.2, 0.25) is 0 Å². The zero-order chi connectivity index (χ0) is 10.7. The number of nitro groups is 1. The number of aldehydes is 1. The lowest BCUT2D eigenvalue weighted by atomic mass is 10.2. The van der Waals surface area contributed by atoms with E-state index in [1.54, 1.807) is 0 Å². The first-order valence-corrected chi connectivity index (χ1v) is 4.25. The van der Waals surface area contributed by atoms with Crippen LogP contribution >= 0.6 is 9.24 Å². The van der Waals surface area contributed by atoms with Crippen LogP contribution in [0.25, 0.3) is 0 Å². The molecule has 0 radical (unpaired) electrons. The molecule has 1 rings (SSSR count). The van der Waals surface area contributed by atoms with Crippen LogP contribution in [0.2, 0.25) is 0 Å². The predicted octanol–water partition coefficient (Wildman–Crippen LogP) is 0.916. The fraction of sp³-hybridized carbons (Fsp3) is 0.125. The minimum Gasteiger partial charge on any atom is -0.496 e. The maximum atomic E-state index is 10.5. The van der Waals surface area contributed by atoms with Crippen molar-refractivity contribution in [2.75, 3.05) is 7.11 Å². The summed E-state index contributed by atoms with van der Waals surface area (Å²) in [6.45, 7) is 0. The monoisotopic (exact) mass is 213 g/mol. The van der Waals surface area contributed by atoms with Crippen molar-refractivity contribution < 1.29 is 14.5 Å². The van der Waals surface area contributed by atoms with Crippen LogP contribution in [0.15, 0.2) is 12.1 Å². The summed E-state index contributed by atoms with van der Waals surface area (Å²) in [5, 5.41) is 11.2. The van der Waals surface area contributed by atoms with Crippen molar-refractivity contribution in [3.05, 3.63) is 27.8 Å². The van der Waals surface area contributed by atoms with E-state index < -0.39 is 4.92 Å². The Morgan fingerprint density at radius 3 is 2.64 bits per heavy atom. The summed E-state index contributed by atoms with van der Waals surface area (Å²) >= 11 is 0. The van der Waals surface area contributed by atoms with E-state index >= 15 is 0 Å². The first-order valence-electron chi connectivity index (χ1n) is 3.67. The van der Waals surface area contributed by atoms with Gasteiger partial charge in [-0.15, -0.1) is 9.24 Å². The lowest BCUT2D eigenvalue weighted by Gasteiger charge is -2.04. The molecule has 0 aliphatic rings. The van der Waals surface area contributed by atoms with Crippen LogP contribution in [0.1, 0.15) is 10.4 Å². The number of methoxy groups -OCH3 is 1. The highest BCUT2D eigenvalue weighted by atomic mass is 31.0. The van der Waals surface area contributed by atoms with Gasteiger partial charge in [0.05, 0.1) is 23.7 Å². The van der Waals surface area contributed by atoms with Crippen molar-refractivity contribution >= 4 is 26.5 Å². The molecule has 1 unspecified atom stereocenters. The quantitative estimate of drug-likeness (QED) is 0.324. The number of benzene rings is 1. The van der Waals surface area contributed by atoms with E-state index in [9.17, 15) is 14.9 Å². The second kappa shape index (κ2) is 4.15. The molecule has 1 aromatic carbocycles. The first kappa shape index (κ1) is 10.6. The Bertz CT molecular complexity index is 391. The highest BCUT2D eigenvalue weighted by molar-refractivity contribution is 7.27. The number of rotatable bonds is 3. The molecule has 0 heterocycles. The summed E-state index contributed by atoms with van der Waals surface area (Å²) in [5.41, 5.74) is -0.205. The van der Waals surface area contributed by atoms with E-state index in [0.717, 1.165) is 0 Å². The van der Waals surface area contributed by atoms with Crippen LogP contribution < -0.4 is 10.0 Å². The van der Waals surface area contributed by atoms with Crippen LogP contribution in [0.5, 0.6) is 5.75 Å². The summed E-state index contributed by atoms with van der Waals surface area (Å²) < 4.78 is 4.89. The van der Waals surface area contributed by atoms with Crippen molar-refractivity contribution in [1.29, 1.82) is 0 Å². The summed E-state index contributed by atoms with van der Waals surface area (Å²) in [5.74, 6) is 0.368. The lowest BCUT2D eigenvalue weighted by Crippen LogP contribution is -2.04. The molecule has 0 fully saturated rings. The van der Waals surface area contributed by atoms with Gasteiger partial charge >= 0.3 is 0 Å². The van der Waals surface area contributed by atoms with E-state index in [2.05, 4.69) is 9.24 Å². The number of nitro benzene ring substituents is 1. The number of nitrogens with zero attached hydrogens (tertiary/aromatic N) is 1. The van der Waals surface area contributed by atoms with Crippen LogP contribution in [0.4, 0.5) is 5.69 Å². The lowest BCUT2D eigenvalue weighted by molar-refractivity contribution is -0.385. The SMILES string of the molecule is COc1cc([N+](=O)[O-])c(C=O)cc1P. The van der Waals surface area contributed by atoms with Crippen molar-refractivity contribution in [1.82, 2.24) is 0 Å². The molecule has 0 saturated heterocycles. The Labute approximate surface area is 82.4 Å². The van der Waals surface area contributed by atoms with Crippen molar-refractivity contribution in [3.8, 4) is 5.75 Å². The third kappa shape index (κ3) is 1.88. The molecule has 1 atom stereocenters. The molecular weight excluding hydrogens is 205 g/mol.